The van der Waals surface area contributed by atoms with E-state index in [2.05, 4.69) is 36.2 Å². The Hall–Kier alpha value is -2.66. The van der Waals surface area contributed by atoms with Gasteiger partial charge in [-0.1, -0.05) is 32.0 Å². The van der Waals surface area contributed by atoms with Gasteiger partial charge in [0, 0.05) is 22.4 Å². The van der Waals surface area contributed by atoms with Crippen LogP contribution in [0.1, 0.15) is 42.5 Å². The van der Waals surface area contributed by atoms with E-state index < -0.39 is 0 Å². The fourth-order valence-electron chi connectivity index (χ4n) is 3.99. The van der Waals surface area contributed by atoms with Crippen molar-refractivity contribution in [2.75, 3.05) is 25.0 Å². The highest BCUT2D eigenvalue weighted by Crippen LogP contribution is 2.41. The number of ether oxygens (including phenoxy) is 1. The molecule has 2 aromatic rings. The van der Waals surface area contributed by atoms with Crippen LogP contribution >= 0.6 is 0 Å². The van der Waals surface area contributed by atoms with Gasteiger partial charge < -0.3 is 15.0 Å². The summed E-state index contributed by atoms with van der Waals surface area (Å²) in [4.78, 5) is 14.9. The number of hydrogen-bond donors (Lipinski definition) is 1. The molecule has 0 radical (unpaired) electrons. The van der Waals surface area contributed by atoms with Crippen LogP contribution in [0.5, 0.6) is 0 Å². The number of hydrogen-bond acceptors (Lipinski definition) is 3. The first-order valence-corrected chi connectivity index (χ1v) is 9.93. The lowest BCUT2D eigenvalue weighted by molar-refractivity contribution is -0.110. The minimum atomic E-state index is -0.366. The molecule has 0 bridgehead atoms. The van der Waals surface area contributed by atoms with E-state index in [0.29, 0.717) is 29.2 Å². The second-order valence-corrected chi connectivity index (χ2v) is 7.26. The molecule has 4 nitrogen and oxygen atoms in total. The number of aryl methyl sites for hydroxylation is 1. The maximum atomic E-state index is 13.7. The summed E-state index contributed by atoms with van der Waals surface area (Å²) in [5, 5.41) is 2.80. The van der Waals surface area contributed by atoms with Crippen molar-refractivity contribution in [2.24, 2.45) is 0 Å². The molecule has 0 unspecified atom stereocenters. The van der Waals surface area contributed by atoms with E-state index in [9.17, 15) is 9.18 Å². The van der Waals surface area contributed by atoms with E-state index in [0.717, 1.165) is 43.6 Å². The van der Waals surface area contributed by atoms with Gasteiger partial charge in [-0.05, 0) is 56.2 Å². The monoisotopic (exact) mass is 380 g/mol. The molecule has 4 rings (SSSR count). The molecular formula is C23H25FN2O2. The normalized spacial score (nSPS) is 17.5. The summed E-state index contributed by atoms with van der Waals surface area (Å²) in [6, 6.07) is 10.6. The first kappa shape index (κ1) is 18.7. The highest BCUT2D eigenvalue weighted by molar-refractivity contribution is 6.36. The molecule has 0 spiro atoms. The lowest BCUT2D eigenvalue weighted by Gasteiger charge is -2.17. The van der Waals surface area contributed by atoms with Gasteiger partial charge in [-0.2, -0.15) is 0 Å². The van der Waals surface area contributed by atoms with E-state index in [4.69, 9.17) is 4.74 Å². The van der Waals surface area contributed by atoms with Crippen LogP contribution in [-0.2, 0) is 22.6 Å². The van der Waals surface area contributed by atoms with Gasteiger partial charge in [-0.15, -0.1) is 0 Å². The maximum Gasteiger partial charge on any atom is 0.260 e. The zero-order valence-corrected chi connectivity index (χ0v) is 16.3. The van der Waals surface area contributed by atoms with Gasteiger partial charge in [0.05, 0.1) is 5.57 Å². The van der Waals surface area contributed by atoms with Crippen molar-refractivity contribution in [3.63, 3.8) is 0 Å². The Balaban J connectivity index is 1.59. The van der Waals surface area contributed by atoms with E-state index >= 15 is 0 Å². The smallest absolute Gasteiger partial charge is 0.260 e. The number of fused-ring (bicyclic) bond motifs is 2. The molecule has 1 amide bonds. The first-order chi connectivity index (χ1) is 13.6. The lowest BCUT2D eigenvalue weighted by atomic mass is 9.98. The number of amides is 1. The quantitative estimate of drug-likeness (QED) is 0.753. The molecule has 1 N–H and O–H groups in total. The summed E-state index contributed by atoms with van der Waals surface area (Å²) < 4.78 is 19.6. The summed E-state index contributed by atoms with van der Waals surface area (Å²) >= 11 is 0. The average Bonchev–Trinajstić information content (AvgIpc) is 3.24. The summed E-state index contributed by atoms with van der Waals surface area (Å²) in [5.74, 6) is -0.0617. The van der Waals surface area contributed by atoms with Crippen LogP contribution in [0, 0.1) is 5.82 Å². The SMILES string of the molecule is CCN(CC)CCCc1ccc2c(c1)CO/C2=C1/C(=O)Nc2ccc(F)cc21. The van der Waals surface area contributed by atoms with Crippen molar-refractivity contribution in [3.8, 4) is 0 Å². The summed E-state index contributed by atoms with van der Waals surface area (Å²) in [6.07, 6.45) is 2.13. The Kier molecular flexibility index (Phi) is 5.18. The van der Waals surface area contributed by atoms with Crippen LogP contribution in [-0.4, -0.2) is 30.4 Å². The van der Waals surface area contributed by atoms with Crippen molar-refractivity contribution < 1.29 is 13.9 Å². The molecule has 146 valence electrons. The number of benzene rings is 2. The maximum absolute atomic E-state index is 13.7. The molecule has 2 aliphatic heterocycles. The predicted molar refractivity (Wildman–Crippen MR) is 109 cm³/mol. The van der Waals surface area contributed by atoms with E-state index in [1.807, 2.05) is 6.07 Å². The Morgan fingerprint density at radius 3 is 2.71 bits per heavy atom. The largest absolute Gasteiger partial charge is 0.487 e. The van der Waals surface area contributed by atoms with E-state index in [-0.39, 0.29) is 11.7 Å². The molecule has 2 heterocycles. The number of anilines is 1. The molecule has 0 aliphatic carbocycles. The van der Waals surface area contributed by atoms with Gasteiger partial charge in [0.15, 0.2) is 0 Å². The number of carbonyl (C=O) groups is 1. The van der Waals surface area contributed by atoms with Crippen molar-refractivity contribution in [2.45, 2.75) is 33.3 Å². The summed E-state index contributed by atoms with van der Waals surface area (Å²) in [7, 11) is 0. The number of rotatable bonds is 6. The molecule has 2 aromatic carbocycles. The van der Waals surface area contributed by atoms with Crippen molar-refractivity contribution in [1.82, 2.24) is 4.90 Å². The molecule has 0 saturated carbocycles. The third-order valence-electron chi connectivity index (χ3n) is 5.57. The van der Waals surface area contributed by atoms with Gasteiger partial charge in [0.2, 0.25) is 0 Å². The zero-order chi connectivity index (χ0) is 19.7. The third-order valence-corrected chi connectivity index (χ3v) is 5.57. The van der Waals surface area contributed by atoms with Gasteiger partial charge in [-0.3, -0.25) is 4.79 Å². The second-order valence-electron chi connectivity index (χ2n) is 7.26. The van der Waals surface area contributed by atoms with Crippen LogP contribution in [0.3, 0.4) is 0 Å². The van der Waals surface area contributed by atoms with Crippen LogP contribution < -0.4 is 5.32 Å². The molecule has 0 fully saturated rings. The Bertz CT molecular complexity index is 948. The fourth-order valence-corrected chi connectivity index (χ4v) is 3.99. The summed E-state index contributed by atoms with van der Waals surface area (Å²) in [5.41, 5.74) is 4.90. The second kappa shape index (κ2) is 7.76. The molecule has 0 atom stereocenters. The zero-order valence-electron chi connectivity index (χ0n) is 16.3. The molecule has 5 heteroatoms. The Morgan fingerprint density at radius 1 is 1.11 bits per heavy atom. The van der Waals surface area contributed by atoms with E-state index in [1.165, 1.54) is 17.7 Å². The Labute approximate surface area is 165 Å². The molecule has 28 heavy (non-hydrogen) atoms. The van der Waals surface area contributed by atoms with E-state index in [1.54, 1.807) is 6.07 Å². The standard InChI is InChI=1S/C23H25FN2O2/c1-3-26(4-2)11-5-6-15-7-9-18-16(12-15)14-28-22(18)21-19-13-17(24)8-10-20(19)25-23(21)27/h7-10,12-13H,3-6,11,14H2,1-2H3,(H,25,27)/b22-21+. The topological polar surface area (TPSA) is 41.6 Å². The highest BCUT2D eigenvalue weighted by Gasteiger charge is 2.32. The van der Waals surface area contributed by atoms with Crippen LogP contribution in [0.25, 0.3) is 11.3 Å². The third kappa shape index (κ3) is 3.42. The van der Waals surface area contributed by atoms with Crippen molar-refractivity contribution >= 4 is 22.9 Å². The molecular weight excluding hydrogens is 355 g/mol. The average molecular weight is 380 g/mol. The minimum absolute atomic E-state index is 0.244. The van der Waals surface area contributed by atoms with Gasteiger partial charge in [0.25, 0.3) is 5.91 Å². The number of halogens is 1. The number of carbonyl (C=O) groups excluding carboxylic acids is 1. The van der Waals surface area contributed by atoms with Crippen LogP contribution in [0.2, 0.25) is 0 Å². The fraction of sp³-hybridized carbons (Fsp3) is 0.348. The number of nitrogens with one attached hydrogen (secondary N) is 1. The predicted octanol–water partition coefficient (Wildman–Crippen LogP) is 4.45. The Morgan fingerprint density at radius 2 is 1.93 bits per heavy atom. The van der Waals surface area contributed by atoms with Gasteiger partial charge in [-0.25, -0.2) is 4.39 Å². The summed E-state index contributed by atoms with van der Waals surface area (Å²) in [6.45, 7) is 8.07. The molecule has 0 saturated heterocycles. The van der Waals surface area contributed by atoms with Gasteiger partial charge in [0.1, 0.15) is 18.2 Å². The minimum Gasteiger partial charge on any atom is -0.487 e. The van der Waals surface area contributed by atoms with Gasteiger partial charge >= 0.3 is 0 Å². The van der Waals surface area contributed by atoms with Crippen LogP contribution in [0.15, 0.2) is 36.4 Å². The molecule has 2 aliphatic rings. The van der Waals surface area contributed by atoms with Crippen molar-refractivity contribution in [3.05, 3.63) is 64.5 Å². The molecule has 0 aromatic heterocycles. The highest BCUT2D eigenvalue weighted by atomic mass is 19.1. The number of nitrogens with zero attached hydrogens (tertiary/aromatic N) is 1. The van der Waals surface area contributed by atoms with Crippen molar-refractivity contribution in [1.29, 1.82) is 0 Å². The lowest BCUT2D eigenvalue weighted by Crippen LogP contribution is -2.24. The van der Waals surface area contributed by atoms with Crippen LogP contribution in [0.4, 0.5) is 10.1 Å². The first-order valence-electron chi connectivity index (χ1n) is 9.93.